The zero-order valence-corrected chi connectivity index (χ0v) is 11.4. The third-order valence-corrected chi connectivity index (χ3v) is 3.14. The largest absolute Gasteiger partial charge is 0.366 e. The fourth-order valence-electron chi connectivity index (χ4n) is 1.94. The third kappa shape index (κ3) is 3.07. The van der Waals surface area contributed by atoms with Crippen LogP contribution in [0.5, 0.6) is 0 Å². The van der Waals surface area contributed by atoms with E-state index in [4.69, 9.17) is 5.73 Å². The average Bonchev–Trinajstić information content (AvgIpc) is 2.43. The summed E-state index contributed by atoms with van der Waals surface area (Å²) < 4.78 is 15.1. The second kappa shape index (κ2) is 5.74. The molecule has 1 amide bonds. The molecule has 0 saturated carbocycles. The molecule has 0 fully saturated rings. The molecule has 0 saturated heterocycles. The summed E-state index contributed by atoms with van der Waals surface area (Å²) in [5.41, 5.74) is 4.71. The number of nitrogens with two attached hydrogens (primary N) is 1. The molecule has 0 atom stereocenters. The summed E-state index contributed by atoms with van der Waals surface area (Å²) in [7, 11) is 0. The van der Waals surface area contributed by atoms with Gasteiger partial charge in [-0.3, -0.25) is 19.1 Å². The Labute approximate surface area is 119 Å². The monoisotopic (exact) mass is 291 g/mol. The van der Waals surface area contributed by atoms with Crippen molar-refractivity contribution in [2.75, 3.05) is 0 Å². The number of rotatable bonds is 4. The van der Waals surface area contributed by atoms with Crippen LogP contribution in [-0.4, -0.2) is 15.5 Å². The Morgan fingerprint density at radius 1 is 1.33 bits per heavy atom. The maximum Gasteiger partial charge on any atom is 0.328 e. The highest BCUT2D eigenvalue weighted by Crippen LogP contribution is 2.11. The molecule has 0 unspecified atom stereocenters. The average molecular weight is 291 g/mol. The van der Waals surface area contributed by atoms with E-state index in [-0.39, 0.29) is 17.7 Å². The van der Waals surface area contributed by atoms with E-state index in [2.05, 4.69) is 4.98 Å². The minimum atomic E-state index is -0.727. The van der Waals surface area contributed by atoms with Gasteiger partial charge in [0.15, 0.2) is 0 Å². The molecule has 0 aliphatic heterocycles. The molecule has 0 bridgehead atoms. The van der Waals surface area contributed by atoms with Crippen molar-refractivity contribution in [2.45, 2.75) is 19.9 Å². The lowest BCUT2D eigenvalue weighted by atomic mass is 10.1. The van der Waals surface area contributed by atoms with E-state index >= 15 is 0 Å². The number of halogens is 1. The standard InChI is InChI=1S/C14H14FN3O3/c1-2-8-6-18(14(21)17-13(8)20)7-10-4-3-9(12(16)19)5-11(10)15/h3-6H,2,7H2,1H3,(H2,16,19)(H,17,20,21). The second-order valence-corrected chi connectivity index (χ2v) is 4.57. The number of carbonyl (C=O) groups is 1. The van der Waals surface area contributed by atoms with Gasteiger partial charge in [-0.05, 0) is 18.6 Å². The van der Waals surface area contributed by atoms with Gasteiger partial charge < -0.3 is 5.73 Å². The van der Waals surface area contributed by atoms with Gasteiger partial charge in [-0.2, -0.15) is 0 Å². The topological polar surface area (TPSA) is 97.9 Å². The van der Waals surface area contributed by atoms with Gasteiger partial charge in [-0.25, -0.2) is 9.18 Å². The zero-order chi connectivity index (χ0) is 15.6. The highest BCUT2D eigenvalue weighted by atomic mass is 19.1. The van der Waals surface area contributed by atoms with Crippen LogP contribution >= 0.6 is 0 Å². The first-order chi connectivity index (χ1) is 9.92. The fraction of sp³-hybridized carbons (Fsp3) is 0.214. The molecule has 1 aromatic carbocycles. The molecule has 7 heteroatoms. The molecule has 0 radical (unpaired) electrons. The van der Waals surface area contributed by atoms with E-state index in [0.717, 1.165) is 6.07 Å². The number of benzene rings is 1. The first kappa shape index (κ1) is 14.7. The van der Waals surface area contributed by atoms with E-state index in [1.165, 1.54) is 22.9 Å². The van der Waals surface area contributed by atoms with E-state index in [9.17, 15) is 18.8 Å². The van der Waals surface area contributed by atoms with Crippen LogP contribution in [-0.2, 0) is 13.0 Å². The third-order valence-electron chi connectivity index (χ3n) is 3.14. The molecule has 1 aromatic heterocycles. The molecule has 6 nitrogen and oxygen atoms in total. The van der Waals surface area contributed by atoms with Gasteiger partial charge >= 0.3 is 5.69 Å². The minimum absolute atomic E-state index is 0.0481. The van der Waals surface area contributed by atoms with Crippen molar-refractivity contribution < 1.29 is 9.18 Å². The number of nitrogens with zero attached hydrogens (tertiary/aromatic N) is 1. The lowest BCUT2D eigenvalue weighted by Crippen LogP contribution is -2.32. The lowest BCUT2D eigenvalue weighted by Gasteiger charge is -2.08. The summed E-state index contributed by atoms with van der Waals surface area (Å²) in [5, 5.41) is 0. The highest BCUT2D eigenvalue weighted by Gasteiger charge is 2.09. The lowest BCUT2D eigenvalue weighted by molar-refractivity contribution is 0.1000. The number of nitrogens with one attached hydrogen (secondary N) is 1. The molecule has 110 valence electrons. The Morgan fingerprint density at radius 2 is 2.05 bits per heavy atom. The number of amides is 1. The quantitative estimate of drug-likeness (QED) is 0.852. The normalized spacial score (nSPS) is 10.6. The Kier molecular flexibility index (Phi) is 4.02. The van der Waals surface area contributed by atoms with Crippen molar-refractivity contribution in [3.05, 3.63) is 67.7 Å². The summed E-state index contributed by atoms with van der Waals surface area (Å²) in [4.78, 5) is 36.3. The Morgan fingerprint density at radius 3 is 2.62 bits per heavy atom. The summed E-state index contributed by atoms with van der Waals surface area (Å²) >= 11 is 0. The van der Waals surface area contributed by atoms with Crippen LogP contribution < -0.4 is 17.0 Å². The van der Waals surface area contributed by atoms with Gasteiger partial charge in [0.2, 0.25) is 5.91 Å². The van der Waals surface area contributed by atoms with Crippen LogP contribution in [0.25, 0.3) is 0 Å². The van der Waals surface area contributed by atoms with Crippen molar-refractivity contribution >= 4 is 5.91 Å². The number of hydrogen-bond donors (Lipinski definition) is 2. The number of aryl methyl sites for hydroxylation is 1. The number of carbonyl (C=O) groups excluding carboxylic acids is 1. The summed E-state index contributed by atoms with van der Waals surface area (Å²) in [6, 6.07) is 3.80. The predicted octanol–water partition coefficient (Wildman–Crippen LogP) is 0.385. The molecule has 0 spiro atoms. The van der Waals surface area contributed by atoms with E-state index in [1.807, 2.05) is 0 Å². The smallest absolute Gasteiger partial charge is 0.328 e. The Bertz CT molecular complexity index is 808. The molecule has 0 aliphatic carbocycles. The van der Waals surface area contributed by atoms with Gasteiger partial charge in [-0.1, -0.05) is 13.0 Å². The molecule has 21 heavy (non-hydrogen) atoms. The van der Waals surface area contributed by atoms with Crippen LogP contribution in [0.15, 0.2) is 34.0 Å². The summed E-state index contributed by atoms with van der Waals surface area (Å²) in [6.45, 7) is 1.73. The zero-order valence-electron chi connectivity index (χ0n) is 11.4. The molecule has 2 aromatic rings. The molecule has 2 rings (SSSR count). The van der Waals surface area contributed by atoms with Crippen LogP contribution in [0, 0.1) is 5.82 Å². The van der Waals surface area contributed by atoms with Gasteiger partial charge in [0.25, 0.3) is 5.56 Å². The first-order valence-corrected chi connectivity index (χ1v) is 6.33. The molecule has 1 heterocycles. The number of aromatic nitrogens is 2. The SMILES string of the molecule is CCc1cn(Cc2ccc(C(N)=O)cc2F)c(=O)[nH]c1=O. The van der Waals surface area contributed by atoms with E-state index in [0.29, 0.717) is 12.0 Å². The van der Waals surface area contributed by atoms with Crippen molar-refractivity contribution in [2.24, 2.45) is 5.73 Å². The van der Waals surface area contributed by atoms with Crippen molar-refractivity contribution in [3.63, 3.8) is 0 Å². The minimum Gasteiger partial charge on any atom is -0.366 e. The molecule has 0 aliphatic rings. The summed E-state index contributed by atoms with van der Waals surface area (Å²) in [5.74, 6) is -1.36. The Balaban J connectivity index is 2.41. The number of primary amides is 1. The maximum atomic E-state index is 13.9. The number of aromatic amines is 1. The molecular formula is C14H14FN3O3. The van der Waals surface area contributed by atoms with Crippen molar-refractivity contribution in [3.8, 4) is 0 Å². The Hall–Kier alpha value is -2.70. The molecule has 3 N–H and O–H groups in total. The predicted molar refractivity (Wildman–Crippen MR) is 74.7 cm³/mol. The fourth-order valence-corrected chi connectivity index (χ4v) is 1.94. The van der Waals surface area contributed by atoms with Gasteiger partial charge in [0, 0.05) is 22.9 Å². The van der Waals surface area contributed by atoms with Crippen LogP contribution in [0.1, 0.15) is 28.4 Å². The van der Waals surface area contributed by atoms with Gasteiger partial charge in [-0.15, -0.1) is 0 Å². The summed E-state index contributed by atoms with van der Waals surface area (Å²) in [6.07, 6.45) is 1.86. The van der Waals surface area contributed by atoms with Crippen LogP contribution in [0.4, 0.5) is 4.39 Å². The maximum absolute atomic E-state index is 13.9. The van der Waals surface area contributed by atoms with Crippen LogP contribution in [0.2, 0.25) is 0 Å². The second-order valence-electron chi connectivity index (χ2n) is 4.57. The highest BCUT2D eigenvalue weighted by molar-refractivity contribution is 5.92. The number of H-pyrrole nitrogens is 1. The van der Waals surface area contributed by atoms with Crippen LogP contribution in [0.3, 0.4) is 0 Å². The molecular weight excluding hydrogens is 277 g/mol. The first-order valence-electron chi connectivity index (χ1n) is 6.33. The van der Waals surface area contributed by atoms with Gasteiger partial charge in [0.05, 0.1) is 6.54 Å². The number of hydrogen-bond acceptors (Lipinski definition) is 3. The van der Waals surface area contributed by atoms with Crippen molar-refractivity contribution in [1.82, 2.24) is 9.55 Å². The van der Waals surface area contributed by atoms with Gasteiger partial charge in [0.1, 0.15) is 5.82 Å². The van der Waals surface area contributed by atoms with E-state index in [1.54, 1.807) is 6.92 Å². The van der Waals surface area contributed by atoms with E-state index < -0.39 is 23.0 Å². The van der Waals surface area contributed by atoms with Crippen molar-refractivity contribution in [1.29, 1.82) is 0 Å².